The van der Waals surface area contributed by atoms with Crippen LogP contribution in [0, 0.1) is 5.92 Å². The molecule has 4 heteroatoms. The van der Waals surface area contributed by atoms with Crippen LogP contribution in [-0.4, -0.2) is 37.0 Å². The first-order valence-corrected chi connectivity index (χ1v) is 6.07. The van der Waals surface area contributed by atoms with Crippen molar-refractivity contribution in [1.29, 1.82) is 0 Å². The summed E-state index contributed by atoms with van der Waals surface area (Å²) in [6, 6.07) is 0.321. The summed E-state index contributed by atoms with van der Waals surface area (Å²) in [5.74, 6) is 0.894. The fourth-order valence-electron chi connectivity index (χ4n) is 1.97. The monoisotopic (exact) mass is 248 g/mol. The topological polar surface area (TPSA) is 32.3 Å². The van der Waals surface area contributed by atoms with E-state index in [4.69, 9.17) is 0 Å². The van der Waals surface area contributed by atoms with Crippen molar-refractivity contribution >= 4 is 18.3 Å². The third kappa shape index (κ3) is 5.17. The molecule has 1 rings (SSSR count). The molecule has 1 amide bonds. The van der Waals surface area contributed by atoms with Gasteiger partial charge in [-0.2, -0.15) is 0 Å². The fraction of sp³-hybridized carbons (Fsp3) is 0.917. The molecule has 0 aromatic heterocycles. The molecule has 0 spiro atoms. The van der Waals surface area contributed by atoms with Gasteiger partial charge in [0.2, 0.25) is 5.91 Å². The van der Waals surface area contributed by atoms with Gasteiger partial charge in [-0.05, 0) is 52.1 Å². The molecule has 0 aromatic carbocycles. The number of nitrogens with zero attached hydrogens (tertiary/aromatic N) is 1. The van der Waals surface area contributed by atoms with Gasteiger partial charge >= 0.3 is 0 Å². The van der Waals surface area contributed by atoms with Gasteiger partial charge in [0.1, 0.15) is 0 Å². The van der Waals surface area contributed by atoms with E-state index in [2.05, 4.69) is 19.2 Å². The van der Waals surface area contributed by atoms with Crippen molar-refractivity contribution in [3.8, 4) is 0 Å². The Bertz CT molecular complexity index is 201. The molecule has 1 unspecified atom stereocenters. The quantitative estimate of drug-likeness (QED) is 0.829. The second-order valence-electron chi connectivity index (χ2n) is 4.85. The average Bonchev–Trinajstić information content (AvgIpc) is 2.45. The number of carbonyl (C=O) groups is 1. The molecule has 1 aliphatic rings. The Morgan fingerprint density at radius 2 is 2.06 bits per heavy atom. The lowest BCUT2D eigenvalue weighted by Gasteiger charge is -2.24. The van der Waals surface area contributed by atoms with Crippen LogP contribution in [0.25, 0.3) is 0 Å². The molecule has 96 valence electrons. The van der Waals surface area contributed by atoms with Crippen molar-refractivity contribution in [2.45, 2.75) is 45.6 Å². The third-order valence-corrected chi connectivity index (χ3v) is 3.33. The standard InChI is InChI=1S/C12H24N2O.ClH/c1-10(2)14(3)12(15)9-11-5-4-7-13-8-6-11;/h10-11,13H,4-9H2,1-3H3;1H. The SMILES string of the molecule is CC(C)N(C)C(=O)CC1CCCNCC1.Cl. The molecule has 1 fully saturated rings. The van der Waals surface area contributed by atoms with E-state index in [1.165, 1.54) is 12.8 Å². The van der Waals surface area contributed by atoms with Crippen LogP contribution in [0.4, 0.5) is 0 Å². The molecule has 1 atom stereocenters. The maximum Gasteiger partial charge on any atom is 0.222 e. The Balaban J connectivity index is 0.00000225. The van der Waals surface area contributed by atoms with Gasteiger partial charge in [0.25, 0.3) is 0 Å². The summed E-state index contributed by atoms with van der Waals surface area (Å²) >= 11 is 0. The Hall–Kier alpha value is -0.280. The van der Waals surface area contributed by atoms with Gasteiger partial charge in [-0.3, -0.25) is 4.79 Å². The molecule has 1 aliphatic heterocycles. The number of carbonyl (C=O) groups excluding carboxylic acids is 1. The van der Waals surface area contributed by atoms with E-state index in [0.717, 1.165) is 25.9 Å². The first-order chi connectivity index (χ1) is 7.11. The predicted octanol–water partition coefficient (Wildman–Crippen LogP) is 2.05. The number of rotatable bonds is 3. The Labute approximate surface area is 105 Å². The molecule has 16 heavy (non-hydrogen) atoms. The van der Waals surface area contributed by atoms with Crippen LogP contribution in [0.3, 0.4) is 0 Å². The van der Waals surface area contributed by atoms with E-state index in [1.807, 2.05) is 11.9 Å². The van der Waals surface area contributed by atoms with Crippen LogP contribution in [-0.2, 0) is 4.79 Å². The highest BCUT2D eigenvalue weighted by Crippen LogP contribution is 2.18. The van der Waals surface area contributed by atoms with Gasteiger partial charge in [-0.25, -0.2) is 0 Å². The largest absolute Gasteiger partial charge is 0.343 e. The van der Waals surface area contributed by atoms with Crippen molar-refractivity contribution in [3.05, 3.63) is 0 Å². The molecular formula is C12H25ClN2O. The number of hydrogen-bond acceptors (Lipinski definition) is 2. The van der Waals surface area contributed by atoms with Crippen molar-refractivity contribution in [1.82, 2.24) is 10.2 Å². The fourth-order valence-corrected chi connectivity index (χ4v) is 1.97. The molecule has 1 N–H and O–H groups in total. The molecule has 1 saturated heterocycles. The maximum atomic E-state index is 11.9. The van der Waals surface area contributed by atoms with E-state index in [9.17, 15) is 4.79 Å². The Kier molecular flexibility index (Phi) is 7.77. The zero-order valence-corrected chi connectivity index (χ0v) is 11.5. The highest BCUT2D eigenvalue weighted by atomic mass is 35.5. The van der Waals surface area contributed by atoms with Crippen LogP contribution < -0.4 is 5.32 Å². The van der Waals surface area contributed by atoms with E-state index in [1.54, 1.807) is 0 Å². The van der Waals surface area contributed by atoms with Gasteiger partial charge in [0.15, 0.2) is 0 Å². The maximum absolute atomic E-state index is 11.9. The second-order valence-corrected chi connectivity index (χ2v) is 4.85. The smallest absolute Gasteiger partial charge is 0.222 e. The molecule has 0 bridgehead atoms. The van der Waals surface area contributed by atoms with Gasteiger partial charge in [0.05, 0.1) is 0 Å². The molecule has 0 aromatic rings. The van der Waals surface area contributed by atoms with Crippen LogP contribution in [0.1, 0.15) is 39.5 Å². The normalized spacial score (nSPS) is 21.1. The van der Waals surface area contributed by atoms with Crippen molar-refractivity contribution < 1.29 is 4.79 Å². The molecular weight excluding hydrogens is 224 g/mol. The van der Waals surface area contributed by atoms with Crippen molar-refractivity contribution in [2.24, 2.45) is 5.92 Å². The summed E-state index contributed by atoms with van der Waals surface area (Å²) in [6.45, 7) is 6.31. The van der Waals surface area contributed by atoms with Gasteiger partial charge in [-0.15, -0.1) is 12.4 Å². The number of hydrogen-bond donors (Lipinski definition) is 1. The first-order valence-electron chi connectivity index (χ1n) is 6.07. The van der Waals surface area contributed by atoms with Crippen LogP contribution >= 0.6 is 12.4 Å². The number of amides is 1. The van der Waals surface area contributed by atoms with E-state index < -0.39 is 0 Å². The minimum atomic E-state index is 0. The summed E-state index contributed by atoms with van der Waals surface area (Å²) in [5.41, 5.74) is 0. The predicted molar refractivity (Wildman–Crippen MR) is 70.0 cm³/mol. The molecule has 1 heterocycles. The number of halogens is 1. The lowest BCUT2D eigenvalue weighted by Crippen LogP contribution is -2.34. The molecule has 0 radical (unpaired) electrons. The van der Waals surface area contributed by atoms with E-state index in [-0.39, 0.29) is 12.4 Å². The molecule has 3 nitrogen and oxygen atoms in total. The van der Waals surface area contributed by atoms with Gasteiger partial charge in [0, 0.05) is 19.5 Å². The zero-order valence-electron chi connectivity index (χ0n) is 10.7. The summed E-state index contributed by atoms with van der Waals surface area (Å²) in [6.07, 6.45) is 4.29. The second kappa shape index (κ2) is 7.91. The summed E-state index contributed by atoms with van der Waals surface area (Å²) in [4.78, 5) is 13.7. The average molecular weight is 249 g/mol. The van der Waals surface area contributed by atoms with Gasteiger partial charge < -0.3 is 10.2 Å². The zero-order chi connectivity index (χ0) is 11.3. The summed E-state index contributed by atoms with van der Waals surface area (Å²) in [7, 11) is 1.90. The van der Waals surface area contributed by atoms with E-state index >= 15 is 0 Å². The minimum Gasteiger partial charge on any atom is -0.343 e. The molecule has 0 saturated carbocycles. The lowest BCUT2D eigenvalue weighted by atomic mass is 9.96. The first kappa shape index (κ1) is 15.7. The highest BCUT2D eigenvalue weighted by molar-refractivity contribution is 5.85. The number of nitrogens with one attached hydrogen (secondary N) is 1. The van der Waals surface area contributed by atoms with Crippen molar-refractivity contribution in [3.63, 3.8) is 0 Å². The van der Waals surface area contributed by atoms with E-state index in [0.29, 0.717) is 17.9 Å². The Morgan fingerprint density at radius 1 is 1.38 bits per heavy atom. The summed E-state index contributed by atoms with van der Waals surface area (Å²) < 4.78 is 0. The lowest BCUT2D eigenvalue weighted by molar-refractivity contribution is -0.132. The minimum absolute atomic E-state index is 0. The third-order valence-electron chi connectivity index (χ3n) is 3.33. The molecule has 0 aliphatic carbocycles. The van der Waals surface area contributed by atoms with Crippen LogP contribution in [0.15, 0.2) is 0 Å². The van der Waals surface area contributed by atoms with Crippen molar-refractivity contribution in [2.75, 3.05) is 20.1 Å². The van der Waals surface area contributed by atoms with Crippen LogP contribution in [0.2, 0.25) is 0 Å². The van der Waals surface area contributed by atoms with Crippen LogP contribution in [0.5, 0.6) is 0 Å². The Morgan fingerprint density at radius 3 is 2.69 bits per heavy atom. The summed E-state index contributed by atoms with van der Waals surface area (Å²) in [5, 5.41) is 3.38. The highest BCUT2D eigenvalue weighted by Gasteiger charge is 2.19. The van der Waals surface area contributed by atoms with Gasteiger partial charge in [-0.1, -0.05) is 0 Å².